The van der Waals surface area contributed by atoms with Crippen LogP contribution >= 0.6 is 0 Å². The molecule has 0 saturated heterocycles. The Morgan fingerprint density at radius 3 is 2.75 bits per heavy atom. The zero-order chi connectivity index (χ0) is 14.2. The van der Waals surface area contributed by atoms with Gasteiger partial charge in [-0.05, 0) is 24.5 Å². The average Bonchev–Trinajstić information content (AvgIpc) is 3.18. The van der Waals surface area contributed by atoms with Crippen molar-refractivity contribution < 1.29 is 8.42 Å². The van der Waals surface area contributed by atoms with Crippen molar-refractivity contribution in [3.63, 3.8) is 0 Å². The summed E-state index contributed by atoms with van der Waals surface area (Å²) in [5.41, 5.74) is 6.49. The lowest BCUT2D eigenvalue weighted by Gasteiger charge is -2.21. The van der Waals surface area contributed by atoms with Gasteiger partial charge in [-0.1, -0.05) is 6.07 Å². The van der Waals surface area contributed by atoms with Crippen molar-refractivity contribution in [3.8, 4) is 0 Å². The van der Waals surface area contributed by atoms with Gasteiger partial charge in [0.25, 0.3) is 0 Å². The van der Waals surface area contributed by atoms with Crippen LogP contribution in [0, 0.1) is 0 Å². The molecule has 0 spiro atoms. The third kappa shape index (κ3) is 2.39. The summed E-state index contributed by atoms with van der Waals surface area (Å²) in [7, 11) is -3.64. The largest absolute Gasteiger partial charge is 0.383 e. The van der Waals surface area contributed by atoms with Gasteiger partial charge in [-0.2, -0.15) is 9.40 Å². The van der Waals surface area contributed by atoms with E-state index < -0.39 is 10.0 Å². The fourth-order valence-corrected chi connectivity index (χ4v) is 3.75. The van der Waals surface area contributed by atoms with Crippen molar-refractivity contribution in [1.82, 2.24) is 19.5 Å². The molecule has 7 nitrogen and oxygen atoms in total. The zero-order valence-corrected chi connectivity index (χ0v) is 11.5. The van der Waals surface area contributed by atoms with Gasteiger partial charge < -0.3 is 5.73 Å². The topological polar surface area (TPSA) is 105 Å². The molecule has 8 heteroatoms. The number of sulfonamides is 1. The Hall–Kier alpha value is -1.93. The summed E-state index contributed by atoms with van der Waals surface area (Å²) in [5.74, 6) is 0.0711. The predicted molar refractivity (Wildman–Crippen MR) is 73.0 cm³/mol. The van der Waals surface area contributed by atoms with Crippen LogP contribution in [0.15, 0.2) is 35.6 Å². The molecule has 3 rings (SSSR count). The SMILES string of the molecule is Nc1[nH]ncc1S(=O)(=O)N(Cc1cccnc1)C1CC1. The van der Waals surface area contributed by atoms with Crippen LogP contribution in [0.5, 0.6) is 0 Å². The first-order valence-corrected chi connectivity index (χ1v) is 7.72. The molecule has 0 unspecified atom stereocenters. The molecule has 1 aliphatic rings. The van der Waals surface area contributed by atoms with E-state index in [4.69, 9.17) is 5.73 Å². The molecule has 106 valence electrons. The maximum atomic E-state index is 12.7. The fraction of sp³-hybridized carbons (Fsp3) is 0.333. The van der Waals surface area contributed by atoms with Crippen LogP contribution in [0.2, 0.25) is 0 Å². The minimum absolute atomic E-state index is 0.0355. The molecular weight excluding hydrogens is 278 g/mol. The molecule has 0 atom stereocenters. The third-order valence-electron chi connectivity index (χ3n) is 3.23. The van der Waals surface area contributed by atoms with Crippen LogP contribution < -0.4 is 5.73 Å². The zero-order valence-electron chi connectivity index (χ0n) is 10.7. The summed E-state index contributed by atoms with van der Waals surface area (Å²) < 4.78 is 26.8. The van der Waals surface area contributed by atoms with Crippen molar-refractivity contribution in [2.45, 2.75) is 30.3 Å². The molecule has 1 saturated carbocycles. The van der Waals surface area contributed by atoms with E-state index in [2.05, 4.69) is 15.2 Å². The lowest BCUT2D eigenvalue weighted by Crippen LogP contribution is -2.33. The summed E-state index contributed by atoms with van der Waals surface area (Å²) in [6, 6.07) is 3.69. The van der Waals surface area contributed by atoms with Gasteiger partial charge in [-0.25, -0.2) is 8.42 Å². The van der Waals surface area contributed by atoms with Gasteiger partial charge in [0.2, 0.25) is 10.0 Å². The van der Waals surface area contributed by atoms with Crippen LogP contribution in [0.1, 0.15) is 18.4 Å². The van der Waals surface area contributed by atoms with Gasteiger partial charge in [0, 0.05) is 25.0 Å². The molecule has 20 heavy (non-hydrogen) atoms. The molecule has 0 aliphatic heterocycles. The van der Waals surface area contributed by atoms with Crippen LogP contribution in [-0.4, -0.2) is 33.9 Å². The molecule has 3 N–H and O–H groups in total. The van der Waals surface area contributed by atoms with E-state index in [9.17, 15) is 8.42 Å². The first-order chi connectivity index (χ1) is 9.59. The lowest BCUT2D eigenvalue weighted by molar-refractivity contribution is 0.398. The Labute approximate surface area is 116 Å². The first-order valence-electron chi connectivity index (χ1n) is 6.28. The van der Waals surface area contributed by atoms with Gasteiger partial charge >= 0.3 is 0 Å². The highest BCUT2D eigenvalue weighted by atomic mass is 32.2. The molecule has 0 amide bonds. The number of nitrogens with two attached hydrogens (primary N) is 1. The Balaban J connectivity index is 1.93. The van der Waals surface area contributed by atoms with Crippen molar-refractivity contribution >= 4 is 15.8 Å². The number of aromatic nitrogens is 3. The lowest BCUT2D eigenvalue weighted by atomic mass is 10.3. The Morgan fingerprint density at radius 2 is 2.20 bits per heavy atom. The van der Waals surface area contributed by atoms with Gasteiger partial charge in [-0.3, -0.25) is 10.1 Å². The number of nitrogen functional groups attached to an aromatic ring is 1. The summed E-state index contributed by atoms with van der Waals surface area (Å²) in [4.78, 5) is 4.05. The summed E-state index contributed by atoms with van der Waals surface area (Å²) in [5, 5.41) is 6.15. The first kappa shape index (κ1) is 13.1. The van der Waals surface area contributed by atoms with E-state index in [1.165, 1.54) is 10.5 Å². The third-order valence-corrected chi connectivity index (χ3v) is 5.16. The second-order valence-corrected chi connectivity index (χ2v) is 6.65. The maximum absolute atomic E-state index is 12.7. The van der Waals surface area contributed by atoms with E-state index >= 15 is 0 Å². The Kier molecular flexibility index (Phi) is 3.19. The van der Waals surface area contributed by atoms with E-state index in [1.54, 1.807) is 18.5 Å². The highest BCUT2D eigenvalue weighted by molar-refractivity contribution is 7.89. The molecule has 2 aromatic heterocycles. The minimum Gasteiger partial charge on any atom is -0.383 e. The number of H-pyrrole nitrogens is 1. The van der Waals surface area contributed by atoms with Gasteiger partial charge in [0.05, 0.1) is 6.20 Å². The molecular formula is C12H15N5O2S. The number of anilines is 1. The highest BCUT2D eigenvalue weighted by Gasteiger charge is 2.39. The van der Waals surface area contributed by atoms with Gasteiger partial charge in [0.1, 0.15) is 10.7 Å². The van der Waals surface area contributed by atoms with Crippen LogP contribution in [0.3, 0.4) is 0 Å². The van der Waals surface area contributed by atoms with Crippen molar-refractivity contribution in [3.05, 3.63) is 36.3 Å². The van der Waals surface area contributed by atoms with Gasteiger partial charge in [0.15, 0.2) is 0 Å². The molecule has 2 aromatic rings. The average molecular weight is 293 g/mol. The number of nitrogens with one attached hydrogen (secondary N) is 1. The van der Waals surface area contributed by atoms with Crippen LogP contribution in [-0.2, 0) is 16.6 Å². The molecule has 1 aliphatic carbocycles. The predicted octanol–water partition coefficient (Wildman–Crippen LogP) is 0.740. The minimum atomic E-state index is -3.64. The number of rotatable bonds is 5. The monoisotopic (exact) mass is 293 g/mol. The number of aromatic amines is 1. The van der Waals surface area contributed by atoms with Crippen LogP contribution in [0.25, 0.3) is 0 Å². The van der Waals surface area contributed by atoms with E-state index in [0.29, 0.717) is 6.54 Å². The second kappa shape index (κ2) is 4.88. The van der Waals surface area contributed by atoms with E-state index in [0.717, 1.165) is 18.4 Å². The van der Waals surface area contributed by atoms with Crippen LogP contribution in [0.4, 0.5) is 5.82 Å². The van der Waals surface area contributed by atoms with Crippen molar-refractivity contribution in [1.29, 1.82) is 0 Å². The summed E-state index contributed by atoms with van der Waals surface area (Å²) in [6.07, 6.45) is 6.33. The number of hydrogen-bond donors (Lipinski definition) is 2. The molecule has 1 fully saturated rings. The van der Waals surface area contributed by atoms with Crippen molar-refractivity contribution in [2.24, 2.45) is 0 Å². The Morgan fingerprint density at radius 1 is 1.40 bits per heavy atom. The Bertz CT molecular complexity index is 694. The quantitative estimate of drug-likeness (QED) is 0.846. The smallest absolute Gasteiger partial charge is 0.248 e. The summed E-state index contributed by atoms with van der Waals surface area (Å²) in [6.45, 7) is 0.297. The molecule has 0 bridgehead atoms. The van der Waals surface area contributed by atoms with Crippen molar-refractivity contribution in [2.75, 3.05) is 5.73 Å². The summed E-state index contributed by atoms with van der Waals surface area (Å²) >= 11 is 0. The highest BCUT2D eigenvalue weighted by Crippen LogP contribution is 2.34. The number of nitrogens with zero attached hydrogens (tertiary/aromatic N) is 3. The number of hydrogen-bond acceptors (Lipinski definition) is 5. The maximum Gasteiger partial charge on any atom is 0.248 e. The second-order valence-electron chi connectivity index (χ2n) is 4.79. The molecule has 2 heterocycles. The standard InChI is InChI=1S/C12H15N5O2S/c13-12-11(7-15-16-12)20(18,19)17(10-3-4-10)8-9-2-1-5-14-6-9/h1-2,5-7,10H,3-4,8H2,(H3,13,15,16). The van der Waals surface area contributed by atoms with E-state index in [1.807, 2.05) is 6.07 Å². The van der Waals surface area contributed by atoms with Gasteiger partial charge in [-0.15, -0.1) is 0 Å². The fourth-order valence-electron chi connectivity index (χ4n) is 2.06. The normalized spacial score (nSPS) is 15.7. The number of pyridine rings is 1. The molecule has 0 aromatic carbocycles. The molecule has 0 radical (unpaired) electrons. The van der Waals surface area contributed by atoms with E-state index in [-0.39, 0.29) is 16.8 Å².